The molecule has 0 aromatic heterocycles. The second-order valence-corrected chi connectivity index (χ2v) is 8.88. The first-order valence-corrected chi connectivity index (χ1v) is 11.7. The Kier molecular flexibility index (Phi) is 8.62. The third kappa shape index (κ3) is 6.50. The van der Waals surface area contributed by atoms with Crippen molar-refractivity contribution in [2.24, 2.45) is 5.92 Å². The molecule has 2 aromatic rings. The Balaban J connectivity index is 1.54. The number of hydrogen-bond acceptors (Lipinski definition) is 3. The van der Waals surface area contributed by atoms with Gasteiger partial charge in [0, 0.05) is 0 Å². The third-order valence-electron chi connectivity index (χ3n) is 6.00. The van der Waals surface area contributed by atoms with Crippen LogP contribution < -0.4 is 9.47 Å². The molecule has 3 nitrogen and oxygen atoms in total. The summed E-state index contributed by atoms with van der Waals surface area (Å²) in [6.45, 7) is 5.21. The highest BCUT2D eigenvalue weighted by Crippen LogP contribution is 2.38. The van der Waals surface area contributed by atoms with Crippen LogP contribution in [-0.4, -0.2) is 12.6 Å². The average molecular weight is 429 g/mol. The van der Waals surface area contributed by atoms with Crippen molar-refractivity contribution in [3.05, 3.63) is 58.6 Å². The number of hydrogen-bond donors (Lipinski definition) is 0. The van der Waals surface area contributed by atoms with E-state index in [0.717, 1.165) is 18.1 Å². The van der Waals surface area contributed by atoms with Crippen molar-refractivity contribution in [1.29, 1.82) is 0 Å². The second kappa shape index (κ2) is 11.4. The van der Waals surface area contributed by atoms with E-state index in [1.807, 2.05) is 30.3 Å². The first kappa shape index (κ1) is 22.7. The summed E-state index contributed by atoms with van der Waals surface area (Å²) in [6, 6.07) is 12.9. The molecule has 0 radical (unpaired) electrons. The quantitative estimate of drug-likeness (QED) is 0.232. The number of ether oxygens (including phenoxy) is 2. The lowest BCUT2D eigenvalue weighted by Gasteiger charge is -2.26. The summed E-state index contributed by atoms with van der Waals surface area (Å²) in [4.78, 5) is 12.5. The molecule has 0 bridgehead atoms. The van der Waals surface area contributed by atoms with E-state index in [2.05, 4.69) is 13.8 Å². The van der Waals surface area contributed by atoms with Crippen LogP contribution >= 0.6 is 11.6 Å². The fourth-order valence-corrected chi connectivity index (χ4v) is 4.24. The fraction of sp³-hybridized carbons (Fsp3) is 0.500. The molecular formula is C26H33ClO3. The third-order valence-corrected chi connectivity index (χ3v) is 6.30. The number of halogens is 1. The van der Waals surface area contributed by atoms with Crippen LogP contribution in [0.1, 0.15) is 87.1 Å². The van der Waals surface area contributed by atoms with Crippen LogP contribution in [0.5, 0.6) is 11.5 Å². The zero-order valence-electron chi connectivity index (χ0n) is 18.2. The van der Waals surface area contributed by atoms with Crippen LogP contribution in [0.3, 0.4) is 0 Å². The van der Waals surface area contributed by atoms with E-state index < -0.39 is 5.97 Å². The Labute approximate surface area is 185 Å². The molecule has 0 unspecified atom stereocenters. The van der Waals surface area contributed by atoms with E-state index >= 15 is 0 Å². The minimum Gasteiger partial charge on any atom is -0.494 e. The molecule has 0 N–H and O–H groups in total. The van der Waals surface area contributed by atoms with Crippen molar-refractivity contribution in [1.82, 2.24) is 0 Å². The molecule has 0 atom stereocenters. The van der Waals surface area contributed by atoms with Crippen molar-refractivity contribution < 1.29 is 14.3 Å². The highest BCUT2D eigenvalue weighted by molar-refractivity contribution is 6.32. The lowest BCUT2D eigenvalue weighted by atomic mass is 9.79. The van der Waals surface area contributed by atoms with E-state index in [-0.39, 0.29) is 0 Å². The van der Waals surface area contributed by atoms with Gasteiger partial charge < -0.3 is 9.47 Å². The lowest BCUT2D eigenvalue weighted by Crippen LogP contribution is -2.11. The minimum atomic E-state index is -0.411. The molecule has 1 fully saturated rings. The Hall–Kier alpha value is -2.00. The number of carbonyl (C=O) groups excluding carboxylic acids is 1. The molecular weight excluding hydrogens is 396 g/mol. The predicted molar refractivity (Wildman–Crippen MR) is 123 cm³/mol. The number of benzene rings is 2. The van der Waals surface area contributed by atoms with Gasteiger partial charge in [0.2, 0.25) is 0 Å². The van der Waals surface area contributed by atoms with Gasteiger partial charge in [-0.05, 0) is 73.1 Å². The average Bonchev–Trinajstić information content (AvgIpc) is 2.76. The smallest absolute Gasteiger partial charge is 0.343 e. The van der Waals surface area contributed by atoms with Gasteiger partial charge >= 0.3 is 5.97 Å². The van der Waals surface area contributed by atoms with Crippen molar-refractivity contribution in [2.75, 3.05) is 6.61 Å². The van der Waals surface area contributed by atoms with Crippen molar-refractivity contribution in [2.45, 2.75) is 71.1 Å². The summed E-state index contributed by atoms with van der Waals surface area (Å²) < 4.78 is 11.3. The highest BCUT2D eigenvalue weighted by atomic mass is 35.5. The standard InChI is InChI=1S/C26H33ClO3/c1-3-4-5-6-17-29-23-14-11-21(12-15-23)26(28)30-25-16-13-22(18-24(25)27)20-9-7-19(2)8-10-20/h11-16,18-20H,3-10,17H2,1-2H3. The van der Waals surface area contributed by atoms with Crippen molar-refractivity contribution >= 4 is 17.6 Å². The summed E-state index contributed by atoms with van der Waals surface area (Å²) in [5.41, 5.74) is 1.72. The predicted octanol–water partition coefficient (Wildman–Crippen LogP) is 7.81. The number of rotatable bonds is 9. The molecule has 0 heterocycles. The largest absolute Gasteiger partial charge is 0.494 e. The van der Waals surface area contributed by atoms with Gasteiger partial charge in [-0.2, -0.15) is 0 Å². The molecule has 0 saturated heterocycles. The van der Waals surface area contributed by atoms with Gasteiger partial charge in [-0.1, -0.05) is 63.6 Å². The Morgan fingerprint density at radius 3 is 2.40 bits per heavy atom. The van der Waals surface area contributed by atoms with Crippen LogP contribution in [0, 0.1) is 5.92 Å². The maximum absolute atomic E-state index is 12.5. The minimum absolute atomic E-state index is 0.408. The van der Waals surface area contributed by atoms with Crippen molar-refractivity contribution in [3.8, 4) is 11.5 Å². The molecule has 162 valence electrons. The maximum Gasteiger partial charge on any atom is 0.343 e. The van der Waals surface area contributed by atoms with Crippen LogP contribution in [-0.2, 0) is 0 Å². The van der Waals surface area contributed by atoms with E-state index in [1.54, 1.807) is 12.1 Å². The normalized spacial score (nSPS) is 18.8. The van der Waals surface area contributed by atoms with E-state index in [1.165, 1.54) is 50.5 Å². The second-order valence-electron chi connectivity index (χ2n) is 8.47. The molecule has 0 aliphatic heterocycles. The topological polar surface area (TPSA) is 35.5 Å². The zero-order chi connectivity index (χ0) is 21.3. The van der Waals surface area contributed by atoms with Crippen LogP contribution in [0.4, 0.5) is 0 Å². The Morgan fingerprint density at radius 2 is 1.73 bits per heavy atom. The fourth-order valence-electron chi connectivity index (χ4n) is 4.01. The summed E-state index contributed by atoms with van der Waals surface area (Å²) in [5.74, 6) is 2.14. The summed E-state index contributed by atoms with van der Waals surface area (Å²) >= 11 is 6.43. The maximum atomic E-state index is 12.5. The molecule has 4 heteroatoms. The summed E-state index contributed by atoms with van der Waals surface area (Å²) in [6.07, 6.45) is 9.59. The number of esters is 1. The van der Waals surface area contributed by atoms with Crippen LogP contribution in [0.25, 0.3) is 0 Å². The summed E-state index contributed by atoms with van der Waals surface area (Å²) in [7, 11) is 0. The monoisotopic (exact) mass is 428 g/mol. The molecule has 1 aliphatic carbocycles. The Morgan fingerprint density at radius 1 is 1.00 bits per heavy atom. The summed E-state index contributed by atoms with van der Waals surface area (Å²) in [5, 5.41) is 0.492. The molecule has 2 aromatic carbocycles. The van der Waals surface area contributed by atoms with Gasteiger partial charge in [-0.15, -0.1) is 0 Å². The first-order valence-electron chi connectivity index (χ1n) is 11.3. The first-order chi connectivity index (χ1) is 14.6. The van der Waals surface area contributed by atoms with Gasteiger partial charge in [-0.25, -0.2) is 4.79 Å². The van der Waals surface area contributed by atoms with Gasteiger partial charge in [0.25, 0.3) is 0 Å². The number of carbonyl (C=O) groups is 1. The molecule has 1 aliphatic rings. The molecule has 30 heavy (non-hydrogen) atoms. The van der Waals surface area contributed by atoms with Gasteiger partial charge in [0.15, 0.2) is 0 Å². The Bertz CT molecular complexity index is 808. The van der Waals surface area contributed by atoms with E-state index in [0.29, 0.717) is 28.9 Å². The van der Waals surface area contributed by atoms with E-state index in [9.17, 15) is 4.79 Å². The van der Waals surface area contributed by atoms with Crippen LogP contribution in [0.2, 0.25) is 5.02 Å². The molecule has 1 saturated carbocycles. The number of unbranched alkanes of at least 4 members (excludes halogenated alkanes) is 3. The van der Waals surface area contributed by atoms with Crippen molar-refractivity contribution in [3.63, 3.8) is 0 Å². The molecule has 3 rings (SSSR count). The SMILES string of the molecule is CCCCCCOc1ccc(C(=O)Oc2ccc(C3CCC(C)CC3)cc2Cl)cc1. The zero-order valence-corrected chi connectivity index (χ0v) is 18.9. The van der Waals surface area contributed by atoms with Crippen LogP contribution in [0.15, 0.2) is 42.5 Å². The van der Waals surface area contributed by atoms with Gasteiger partial charge in [0.05, 0.1) is 17.2 Å². The van der Waals surface area contributed by atoms with Gasteiger partial charge in [-0.3, -0.25) is 0 Å². The molecule has 0 spiro atoms. The molecule has 0 amide bonds. The van der Waals surface area contributed by atoms with E-state index in [4.69, 9.17) is 21.1 Å². The highest BCUT2D eigenvalue weighted by Gasteiger charge is 2.21. The van der Waals surface area contributed by atoms with Gasteiger partial charge in [0.1, 0.15) is 11.5 Å². The lowest BCUT2D eigenvalue weighted by molar-refractivity contribution is 0.0734.